The number of benzene rings is 1. The predicted molar refractivity (Wildman–Crippen MR) is 131 cm³/mol. The van der Waals surface area contributed by atoms with Crippen LogP contribution in [-0.4, -0.2) is 44.9 Å². The monoisotopic (exact) mass is 500 g/mol. The van der Waals surface area contributed by atoms with Crippen molar-refractivity contribution in [3.05, 3.63) is 35.9 Å². The van der Waals surface area contributed by atoms with E-state index in [0.29, 0.717) is 16.6 Å². The van der Waals surface area contributed by atoms with Crippen molar-refractivity contribution in [2.75, 3.05) is 6.61 Å². The highest BCUT2D eigenvalue weighted by molar-refractivity contribution is 6.77. The van der Waals surface area contributed by atoms with E-state index in [1.165, 1.54) is 24.3 Å². The van der Waals surface area contributed by atoms with Crippen LogP contribution in [0.4, 0.5) is 13.2 Å². The van der Waals surface area contributed by atoms with Crippen molar-refractivity contribution in [3.63, 3.8) is 0 Å². The first-order valence-corrected chi connectivity index (χ1v) is 13.8. The Kier molecular flexibility index (Phi) is 8.39. The number of terminal acetylenes is 1. The summed E-state index contributed by atoms with van der Waals surface area (Å²) >= 11 is 0. The minimum absolute atomic E-state index is 0. The van der Waals surface area contributed by atoms with E-state index in [-0.39, 0.29) is 13.6 Å². The Hall–Kier alpha value is -1.82. The highest BCUT2D eigenvalue weighted by atomic mass is 28.4. The second-order valence-electron chi connectivity index (χ2n) is 10.4. The number of alkyl halides is 3. The minimum atomic E-state index is -4.88. The Morgan fingerprint density at radius 3 is 2.06 bits per heavy atom. The number of carbonyl (C=O) groups is 1. The van der Waals surface area contributed by atoms with E-state index in [0.717, 1.165) is 6.92 Å². The van der Waals surface area contributed by atoms with Crippen LogP contribution in [0.25, 0.3) is 0 Å². The molecule has 1 aliphatic rings. The highest BCUT2D eigenvalue weighted by Gasteiger charge is 2.64. The van der Waals surface area contributed by atoms with Crippen LogP contribution in [0.5, 0.6) is 0 Å². The summed E-state index contributed by atoms with van der Waals surface area (Å²) in [6.07, 6.45) is -1.03. The first kappa shape index (κ1) is 28.4. The molecule has 0 aliphatic carbocycles. The molecule has 0 bridgehead atoms. The summed E-state index contributed by atoms with van der Waals surface area (Å²) < 4.78 is 59.8. The smallest absolute Gasteiger partial charge is 0.408 e. The molecule has 4 atom stereocenters. The van der Waals surface area contributed by atoms with Crippen molar-refractivity contribution in [1.82, 2.24) is 0 Å². The van der Waals surface area contributed by atoms with Crippen molar-refractivity contribution in [3.8, 4) is 12.3 Å². The fourth-order valence-electron chi connectivity index (χ4n) is 5.13. The normalized spacial score (nSPS) is 23.5. The lowest BCUT2D eigenvalue weighted by Crippen LogP contribution is -2.50. The molecule has 0 amide bonds. The molecule has 0 aromatic heterocycles. The van der Waals surface area contributed by atoms with Crippen molar-refractivity contribution < 1.29 is 33.3 Å². The van der Waals surface area contributed by atoms with E-state index in [9.17, 15) is 18.0 Å². The molecule has 8 heteroatoms. The van der Waals surface area contributed by atoms with Crippen LogP contribution in [0.3, 0.4) is 0 Å². The third-order valence-corrected chi connectivity index (χ3v) is 13.5. The standard InChI is InChI=1S/C26H37F3O4Si.H2/c1-10-21(32-23(30)24(8,26(27,28)29)20-14-12-11-13-15-20)25(9)22(33-25)16-31-34(17(2)3,18(4)5)19(6)7;/h1,11-15,17-19,21-22H,16H2,2-9H3;1H/t21-,22+,24+,25?;/m1./s1. The van der Waals surface area contributed by atoms with Gasteiger partial charge >= 0.3 is 12.1 Å². The second kappa shape index (κ2) is 10.0. The second-order valence-corrected chi connectivity index (χ2v) is 15.8. The van der Waals surface area contributed by atoms with Crippen LogP contribution in [0, 0.1) is 12.3 Å². The van der Waals surface area contributed by atoms with Gasteiger partial charge in [0.05, 0.1) is 6.61 Å². The van der Waals surface area contributed by atoms with E-state index in [1.54, 1.807) is 13.0 Å². The molecule has 1 saturated heterocycles. The molecule has 0 radical (unpaired) electrons. The van der Waals surface area contributed by atoms with Gasteiger partial charge in [-0.25, -0.2) is 0 Å². The van der Waals surface area contributed by atoms with Crippen molar-refractivity contribution in [2.45, 2.75) is 101 Å². The maximum Gasteiger partial charge on any atom is 0.408 e. The molecule has 1 aliphatic heterocycles. The molecule has 0 N–H and O–H groups in total. The number of epoxide rings is 1. The fourth-order valence-corrected chi connectivity index (χ4v) is 10.6. The Labute approximate surface area is 204 Å². The molecule has 1 unspecified atom stereocenters. The zero-order valence-corrected chi connectivity index (χ0v) is 22.3. The third kappa shape index (κ3) is 4.93. The van der Waals surface area contributed by atoms with Crippen LogP contribution >= 0.6 is 0 Å². The molecule has 0 spiro atoms. The Morgan fingerprint density at radius 1 is 1.15 bits per heavy atom. The SMILES string of the molecule is C#C[C@@H](OC(=O)[C@](C)(c1ccccc1)C(F)(F)F)C1(C)O[C@H]1CO[Si](C(C)C)(C(C)C)C(C)C.[HH]. The highest BCUT2D eigenvalue weighted by Crippen LogP contribution is 2.47. The van der Waals surface area contributed by atoms with E-state index < -0.39 is 43.7 Å². The van der Waals surface area contributed by atoms with Gasteiger partial charge in [0, 0.05) is 1.43 Å². The van der Waals surface area contributed by atoms with Gasteiger partial charge < -0.3 is 13.9 Å². The lowest BCUT2D eigenvalue weighted by molar-refractivity contribution is -0.208. The number of halogens is 3. The molecule has 4 nitrogen and oxygen atoms in total. The summed E-state index contributed by atoms with van der Waals surface area (Å²) in [5.74, 6) is 0.869. The Balaban J connectivity index is 0.00000612. The average Bonchev–Trinajstić information content (AvgIpc) is 3.41. The lowest BCUT2D eigenvalue weighted by atomic mass is 9.81. The van der Waals surface area contributed by atoms with Crippen LogP contribution in [-0.2, 0) is 24.1 Å². The number of hydrogen-bond acceptors (Lipinski definition) is 4. The topological polar surface area (TPSA) is 48.1 Å². The van der Waals surface area contributed by atoms with Gasteiger partial charge in [-0.1, -0.05) is 77.8 Å². The summed E-state index contributed by atoms with van der Waals surface area (Å²) in [5, 5.41) is 0. The molecule has 34 heavy (non-hydrogen) atoms. The quantitative estimate of drug-likeness (QED) is 0.156. The third-order valence-electron chi connectivity index (χ3n) is 7.39. The molecule has 1 heterocycles. The minimum Gasteiger partial charge on any atom is -0.445 e. The summed E-state index contributed by atoms with van der Waals surface area (Å²) in [6.45, 7) is 15.7. The largest absolute Gasteiger partial charge is 0.445 e. The van der Waals surface area contributed by atoms with E-state index in [4.69, 9.17) is 20.3 Å². The Morgan fingerprint density at radius 2 is 1.65 bits per heavy atom. The molecule has 1 aromatic rings. The van der Waals surface area contributed by atoms with Gasteiger partial charge in [0.2, 0.25) is 0 Å². The van der Waals surface area contributed by atoms with Crippen molar-refractivity contribution in [1.29, 1.82) is 0 Å². The lowest BCUT2D eigenvalue weighted by Gasteiger charge is -2.42. The summed E-state index contributed by atoms with van der Waals surface area (Å²) in [7, 11) is -2.18. The number of carbonyl (C=O) groups excluding carboxylic acids is 1. The first-order valence-electron chi connectivity index (χ1n) is 11.7. The van der Waals surface area contributed by atoms with Crippen LogP contribution in [0.15, 0.2) is 30.3 Å². The number of ether oxygens (including phenoxy) is 2. The van der Waals surface area contributed by atoms with Gasteiger partial charge in [-0.2, -0.15) is 13.2 Å². The van der Waals surface area contributed by atoms with Gasteiger partial charge in [-0.3, -0.25) is 4.79 Å². The van der Waals surface area contributed by atoms with Gasteiger partial charge in [0.15, 0.2) is 19.8 Å². The van der Waals surface area contributed by atoms with E-state index in [2.05, 4.69) is 47.5 Å². The molecule has 1 aromatic carbocycles. The summed E-state index contributed by atoms with van der Waals surface area (Å²) in [4.78, 5) is 12.9. The molecule has 0 saturated carbocycles. The fraction of sp³-hybridized carbons (Fsp3) is 0.654. The average molecular weight is 501 g/mol. The number of esters is 1. The summed E-state index contributed by atoms with van der Waals surface area (Å²) in [6, 6.07) is 6.96. The van der Waals surface area contributed by atoms with E-state index in [1.807, 2.05) is 0 Å². The van der Waals surface area contributed by atoms with Crippen LogP contribution < -0.4 is 0 Å². The first-order chi connectivity index (χ1) is 15.6. The van der Waals surface area contributed by atoms with E-state index >= 15 is 0 Å². The Bertz CT molecular complexity index is 878. The predicted octanol–water partition coefficient (Wildman–Crippen LogP) is 6.65. The maximum absolute atomic E-state index is 14.1. The van der Waals surface area contributed by atoms with Crippen molar-refractivity contribution in [2.24, 2.45) is 0 Å². The molecule has 192 valence electrons. The van der Waals surface area contributed by atoms with Gasteiger partial charge in [0.1, 0.15) is 11.7 Å². The van der Waals surface area contributed by atoms with Gasteiger partial charge in [0.25, 0.3) is 0 Å². The molecule has 1 fully saturated rings. The number of rotatable bonds is 10. The van der Waals surface area contributed by atoms with Gasteiger partial charge in [-0.05, 0) is 36.0 Å². The van der Waals surface area contributed by atoms with Crippen molar-refractivity contribution >= 4 is 14.3 Å². The molecular formula is C26H39F3O4Si. The summed E-state index contributed by atoms with van der Waals surface area (Å²) in [5.41, 5.74) is -3.12. The maximum atomic E-state index is 14.1. The van der Waals surface area contributed by atoms with Crippen LogP contribution in [0.1, 0.15) is 62.4 Å². The van der Waals surface area contributed by atoms with Gasteiger partial charge in [-0.15, -0.1) is 6.42 Å². The zero-order valence-electron chi connectivity index (χ0n) is 21.3. The van der Waals surface area contributed by atoms with Crippen LogP contribution in [0.2, 0.25) is 16.6 Å². The zero-order chi connectivity index (χ0) is 26.1. The number of hydrogen-bond donors (Lipinski definition) is 0. The molecular weight excluding hydrogens is 461 g/mol. The molecule has 2 rings (SSSR count).